The summed E-state index contributed by atoms with van der Waals surface area (Å²) < 4.78 is 5.77. The Bertz CT molecular complexity index is 832. The minimum Gasteiger partial charge on any atom is -0.492 e. The SMILES string of the molecule is CCCC(=O)Nc1ccc2c(c1)C[C@@H](C(=O)NCc1ccccc1C)CO2. The monoisotopic (exact) mass is 366 g/mol. The van der Waals surface area contributed by atoms with Gasteiger partial charge in [-0.1, -0.05) is 31.2 Å². The molecule has 5 nitrogen and oxygen atoms in total. The van der Waals surface area contributed by atoms with Crippen LogP contribution in [0.2, 0.25) is 0 Å². The number of anilines is 1. The lowest BCUT2D eigenvalue weighted by atomic mass is 9.95. The Labute approximate surface area is 160 Å². The molecule has 1 heterocycles. The summed E-state index contributed by atoms with van der Waals surface area (Å²) in [6.07, 6.45) is 1.91. The van der Waals surface area contributed by atoms with Gasteiger partial charge in [-0.25, -0.2) is 0 Å². The molecule has 3 rings (SSSR count). The van der Waals surface area contributed by atoms with E-state index >= 15 is 0 Å². The zero-order valence-electron chi connectivity index (χ0n) is 15.9. The summed E-state index contributed by atoms with van der Waals surface area (Å²) in [4.78, 5) is 24.4. The van der Waals surface area contributed by atoms with Gasteiger partial charge in [-0.3, -0.25) is 9.59 Å². The molecule has 0 fully saturated rings. The van der Waals surface area contributed by atoms with Crippen LogP contribution < -0.4 is 15.4 Å². The lowest BCUT2D eigenvalue weighted by molar-refractivity contribution is -0.126. The van der Waals surface area contributed by atoms with Crippen molar-refractivity contribution in [3.05, 3.63) is 59.2 Å². The van der Waals surface area contributed by atoms with E-state index in [0.717, 1.165) is 34.5 Å². The number of amides is 2. The minimum atomic E-state index is -0.233. The maximum Gasteiger partial charge on any atom is 0.227 e. The summed E-state index contributed by atoms with van der Waals surface area (Å²) in [5, 5.41) is 5.91. The maximum absolute atomic E-state index is 12.6. The van der Waals surface area contributed by atoms with Crippen LogP contribution in [-0.2, 0) is 22.6 Å². The number of hydrogen-bond donors (Lipinski definition) is 2. The van der Waals surface area contributed by atoms with Gasteiger partial charge in [-0.15, -0.1) is 0 Å². The van der Waals surface area contributed by atoms with E-state index in [2.05, 4.69) is 10.6 Å². The van der Waals surface area contributed by atoms with E-state index in [4.69, 9.17) is 4.74 Å². The maximum atomic E-state index is 12.6. The van der Waals surface area contributed by atoms with Gasteiger partial charge in [0.1, 0.15) is 12.4 Å². The molecule has 1 aliphatic rings. The minimum absolute atomic E-state index is 0.00158. The van der Waals surface area contributed by atoms with E-state index in [0.29, 0.717) is 26.0 Å². The van der Waals surface area contributed by atoms with Crippen LogP contribution in [0.15, 0.2) is 42.5 Å². The highest BCUT2D eigenvalue weighted by atomic mass is 16.5. The van der Waals surface area contributed by atoms with Gasteiger partial charge in [-0.05, 0) is 54.7 Å². The molecule has 2 aromatic carbocycles. The van der Waals surface area contributed by atoms with Crippen molar-refractivity contribution in [2.45, 2.75) is 39.7 Å². The molecule has 2 N–H and O–H groups in total. The Morgan fingerprint density at radius 2 is 2.00 bits per heavy atom. The molecule has 2 amide bonds. The summed E-state index contributed by atoms with van der Waals surface area (Å²) in [7, 11) is 0. The molecule has 0 saturated carbocycles. The summed E-state index contributed by atoms with van der Waals surface area (Å²) in [5.41, 5.74) is 3.97. The van der Waals surface area contributed by atoms with Crippen molar-refractivity contribution >= 4 is 17.5 Å². The van der Waals surface area contributed by atoms with E-state index in [9.17, 15) is 9.59 Å². The third-order valence-corrected chi connectivity index (χ3v) is 4.81. The molecule has 27 heavy (non-hydrogen) atoms. The van der Waals surface area contributed by atoms with Crippen LogP contribution in [-0.4, -0.2) is 18.4 Å². The molecular weight excluding hydrogens is 340 g/mol. The number of fused-ring (bicyclic) bond motifs is 1. The normalized spacial score (nSPS) is 15.4. The molecule has 2 aromatic rings. The quantitative estimate of drug-likeness (QED) is 0.821. The lowest BCUT2D eigenvalue weighted by Crippen LogP contribution is -2.37. The first-order valence-corrected chi connectivity index (χ1v) is 9.44. The zero-order chi connectivity index (χ0) is 19.2. The zero-order valence-corrected chi connectivity index (χ0v) is 15.9. The Balaban J connectivity index is 1.61. The lowest BCUT2D eigenvalue weighted by Gasteiger charge is -2.25. The molecule has 1 atom stereocenters. The molecule has 1 aliphatic heterocycles. The second-order valence-corrected chi connectivity index (χ2v) is 6.98. The predicted molar refractivity (Wildman–Crippen MR) is 106 cm³/mol. The predicted octanol–water partition coefficient (Wildman–Crippen LogP) is 3.60. The standard InChI is InChI=1S/C22H26N2O3/c1-3-6-21(25)24-19-9-10-20-17(12-19)11-18(14-27-20)22(26)23-13-16-8-5-4-7-15(16)2/h4-5,7-10,12,18H,3,6,11,13-14H2,1-2H3,(H,23,26)(H,24,25)/t18-/m1/s1. The van der Waals surface area contributed by atoms with Gasteiger partial charge in [0.25, 0.3) is 0 Å². The van der Waals surface area contributed by atoms with E-state index in [1.165, 1.54) is 0 Å². The van der Waals surface area contributed by atoms with E-state index in [1.807, 2.05) is 56.3 Å². The number of carbonyl (C=O) groups excluding carboxylic acids is 2. The summed E-state index contributed by atoms with van der Waals surface area (Å²) in [6.45, 7) is 4.90. The van der Waals surface area contributed by atoms with Crippen molar-refractivity contribution < 1.29 is 14.3 Å². The highest BCUT2D eigenvalue weighted by Gasteiger charge is 2.26. The van der Waals surface area contributed by atoms with Crippen LogP contribution >= 0.6 is 0 Å². The van der Waals surface area contributed by atoms with Crippen molar-refractivity contribution in [1.29, 1.82) is 0 Å². The van der Waals surface area contributed by atoms with Crippen molar-refractivity contribution in [1.82, 2.24) is 5.32 Å². The molecule has 0 bridgehead atoms. The molecule has 0 aliphatic carbocycles. The van der Waals surface area contributed by atoms with Crippen LogP contribution in [0, 0.1) is 12.8 Å². The molecule has 142 valence electrons. The number of carbonyl (C=O) groups is 2. The number of nitrogens with one attached hydrogen (secondary N) is 2. The average Bonchev–Trinajstić information content (AvgIpc) is 2.66. The molecule has 0 saturated heterocycles. The number of aryl methyl sites for hydroxylation is 1. The molecule has 0 spiro atoms. The van der Waals surface area contributed by atoms with Gasteiger partial charge in [0.15, 0.2) is 0 Å². The van der Waals surface area contributed by atoms with Gasteiger partial charge >= 0.3 is 0 Å². The van der Waals surface area contributed by atoms with Crippen molar-refractivity contribution in [2.24, 2.45) is 5.92 Å². The molecule has 0 aromatic heterocycles. The third kappa shape index (κ3) is 4.88. The first-order chi connectivity index (χ1) is 13.1. The van der Waals surface area contributed by atoms with Crippen molar-refractivity contribution in [3.8, 4) is 5.75 Å². The fourth-order valence-electron chi connectivity index (χ4n) is 3.23. The molecule has 5 heteroatoms. The first kappa shape index (κ1) is 19.0. The second-order valence-electron chi connectivity index (χ2n) is 6.98. The number of ether oxygens (including phenoxy) is 1. The van der Waals surface area contributed by atoms with Crippen LogP contribution in [0.3, 0.4) is 0 Å². The van der Waals surface area contributed by atoms with Crippen LogP contribution in [0.1, 0.15) is 36.5 Å². The van der Waals surface area contributed by atoms with Gasteiger partial charge in [0.2, 0.25) is 11.8 Å². The Kier molecular flexibility index (Phi) is 6.12. The Morgan fingerprint density at radius 1 is 1.19 bits per heavy atom. The molecule has 0 radical (unpaired) electrons. The molecular formula is C22H26N2O3. The van der Waals surface area contributed by atoms with Crippen molar-refractivity contribution in [2.75, 3.05) is 11.9 Å². The molecule has 0 unspecified atom stereocenters. The van der Waals surface area contributed by atoms with Gasteiger partial charge in [-0.2, -0.15) is 0 Å². The fourth-order valence-corrected chi connectivity index (χ4v) is 3.23. The third-order valence-electron chi connectivity index (χ3n) is 4.81. The summed E-state index contributed by atoms with van der Waals surface area (Å²) in [6, 6.07) is 13.6. The average molecular weight is 366 g/mol. The highest BCUT2D eigenvalue weighted by Crippen LogP contribution is 2.30. The summed E-state index contributed by atoms with van der Waals surface area (Å²) >= 11 is 0. The van der Waals surface area contributed by atoms with Crippen LogP contribution in [0.5, 0.6) is 5.75 Å². The first-order valence-electron chi connectivity index (χ1n) is 9.44. The highest BCUT2D eigenvalue weighted by molar-refractivity contribution is 5.91. The topological polar surface area (TPSA) is 67.4 Å². The summed E-state index contributed by atoms with van der Waals surface area (Å²) in [5.74, 6) is 0.542. The van der Waals surface area contributed by atoms with Crippen LogP contribution in [0.25, 0.3) is 0 Å². The van der Waals surface area contributed by atoms with Crippen LogP contribution in [0.4, 0.5) is 5.69 Å². The number of benzene rings is 2. The van der Waals surface area contributed by atoms with Crippen molar-refractivity contribution in [3.63, 3.8) is 0 Å². The van der Waals surface area contributed by atoms with Gasteiger partial charge < -0.3 is 15.4 Å². The second kappa shape index (κ2) is 8.71. The van der Waals surface area contributed by atoms with Gasteiger partial charge in [0, 0.05) is 18.7 Å². The number of rotatable bonds is 6. The van der Waals surface area contributed by atoms with E-state index in [1.54, 1.807) is 0 Å². The largest absolute Gasteiger partial charge is 0.492 e. The smallest absolute Gasteiger partial charge is 0.227 e. The van der Waals surface area contributed by atoms with Gasteiger partial charge in [0.05, 0.1) is 5.92 Å². The van der Waals surface area contributed by atoms with E-state index < -0.39 is 0 Å². The number of hydrogen-bond acceptors (Lipinski definition) is 3. The Morgan fingerprint density at radius 3 is 2.78 bits per heavy atom. The van der Waals surface area contributed by atoms with E-state index in [-0.39, 0.29) is 17.7 Å². The fraction of sp³-hybridized carbons (Fsp3) is 0.364. The Hall–Kier alpha value is -2.82.